The van der Waals surface area contributed by atoms with Gasteiger partial charge in [0.1, 0.15) is 0 Å². The second-order valence-corrected chi connectivity index (χ2v) is 8.39. The molecule has 0 atom stereocenters. The molecule has 28 heavy (non-hydrogen) atoms. The van der Waals surface area contributed by atoms with Crippen molar-refractivity contribution in [2.24, 2.45) is 0 Å². The summed E-state index contributed by atoms with van der Waals surface area (Å²) < 4.78 is 1.86. The zero-order valence-corrected chi connectivity index (χ0v) is 16.9. The topological polar surface area (TPSA) is 58.1 Å². The standard InChI is InChI=1S/C22H25N3O2S/c1-16-6-8-17(9-7-16)14-28-15-21(26)24-12-10-18(11-13-24)25-20-5-3-2-4-19(20)23-22(25)27/h2-9,18H,10-15H2,1H3,(H,23,27). The summed E-state index contributed by atoms with van der Waals surface area (Å²) in [6, 6.07) is 16.4. The number of imidazole rings is 1. The number of aryl methyl sites for hydroxylation is 1. The fourth-order valence-electron chi connectivity index (χ4n) is 3.84. The van der Waals surface area contributed by atoms with Gasteiger partial charge in [0.2, 0.25) is 5.91 Å². The molecule has 0 spiro atoms. The molecule has 2 heterocycles. The number of rotatable bonds is 5. The van der Waals surface area contributed by atoms with Crippen molar-refractivity contribution < 1.29 is 4.79 Å². The van der Waals surface area contributed by atoms with Crippen LogP contribution < -0.4 is 5.69 Å². The van der Waals surface area contributed by atoms with Crippen molar-refractivity contribution in [2.45, 2.75) is 31.6 Å². The normalized spacial score (nSPS) is 15.2. The molecule has 2 aromatic carbocycles. The van der Waals surface area contributed by atoms with E-state index < -0.39 is 0 Å². The molecular weight excluding hydrogens is 370 g/mol. The number of carbonyl (C=O) groups is 1. The number of para-hydroxylation sites is 2. The first kappa shape index (κ1) is 18.9. The molecule has 0 saturated carbocycles. The van der Waals surface area contributed by atoms with Crippen molar-refractivity contribution >= 4 is 28.7 Å². The number of carbonyl (C=O) groups excluding carboxylic acids is 1. The van der Waals surface area contributed by atoms with Crippen LogP contribution in [-0.4, -0.2) is 39.2 Å². The van der Waals surface area contributed by atoms with Gasteiger partial charge in [0, 0.05) is 24.9 Å². The van der Waals surface area contributed by atoms with Crippen LogP contribution in [-0.2, 0) is 10.5 Å². The summed E-state index contributed by atoms with van der Waals surface area (Å²) in [6.45, 7) is 3.50. The van der Waals surface area contributed by atoms with Gasteiger partial charge in [0.05, 0.1) is 16.8 Å². The molecule has 4 rings (SSSR count). The zero-order valence-electron chi connectivity index (χ0n) is 16.1. The summed E-state index contributed by atoms with van der Waals surface area (Å²) in [5.41, 5.74) is 4.27. The van der Waals surface area contributed by atoms with Crippen LogP contribution in [0.4, 0.5) is 0 Å². The first-order valence-electron chi connectivity index (χ1n) is 9.72. The van der Waals surface area contributed by atoms with E-state index in [1.807, 2.05) is 33.7 Å². The molecule has 1 aromatic heterocycles. The van der Waals surface area contributed by atoms with Crippen LogP contribution in [0.5, 0.6) is 0 Å². The smallest absolute Gasteiger partial charge is 0.326 e. The van der Waals surface area contributed by atoms with E-state index in [9.17, 15) is 9.59 Å². The van der Waals surface area contributed by atoms with Crippen LogP contribution in [0, 0.1) is 6.92 Å². The Morgan fingerprint density at radius 2 is 1.82 bits per heavy atom. The first-order valence-corrected chi connectivity index (χ1v) is 10.9. The van der Waals surface area contributed by atoms with Crippen molar-refractivity contribution in [2.75, 3.05) is 18.8 Å². The van der Waals surface area contributed by atoms with Gasteiger partial charge >= 0.3 is 5.69 Å². The molecule has 146 valence electrons. The molecule has 6 heteroatoms. The number of H-pyrrole nitrogens is 1. The quantitative estimate of drug-likeness (QED) is 0.716. The highest BCUT2D eigenvalue weighted by atomic mass is 32.2. The number of fused-ring (bicyclic) bond motifs is 1. The van der Waals surface area contributed by atoms with Crippen LogP contribution in [0.1, 0.15) is 30.0 Å². The minimum Gasteiger partial charge on any atom is -0.342 e. The highest BCUT2D eigenvalue weighted by molar-refractivity contribution is 7.99. The molecular formula is C22H25N3O2S. The molecule has 0 aliphatic carbocycles. The molecule has 1 aliphatic rings. The molecule has 5 nitrogen and oxygen atoms in total. The third-order valence-corrected chi connectivity index (χ3v) is 6.41. The minimum absolute atomic E-state index is 0.0559. The van der Waals surface area contributed by atoms with Gasteiger partial charge in [-0.3, -0.25) is 9.36 Å². The maximum atomic E-state index is 12.5. The summed E-state index contributed by atoms with van der Waals surface area (Å²) in [5, 5.41) is 0. The van der Waals surface area contributed by atoms with E-state index in [0.717, 1.165) is 29.6 Å². The van der Waals surface area contributed by atoms with Gasteiger partial charge < -0.3 is 9.88 Å². The lowest BCUT2D eigenvalue weighted by molar-refractivity contribution is -0.129. The number of hydrogen-bond donors (Lipinski definition) is 1. The molecule has 0 bridgehead atoms. The van der Waals surface area contributed by atoms with E-state index in [0.29, 0.717) is 18.8 Å². The van der Waals surface area contributed by atoms with Gasteiger partial charge in [-0.2, -0.15) is 0 Å². The zero-order chi connectivity index (χ0) is 19.5. The van der Waals surface area contributed by atoms with Crippen molar-refractivity contribution in [3.63, 3.8) is 0 Å². The van der Waals surface area contributed by atoms with Crippen LogP contribution in [0.25, 0.3) is 11.0 Å². The van der Waals surface area contributed by atoms with Gasteiger partial charge in [-0.25, -0.2) is 4.79 Å². The number of nitrogens with zero attached hydrogens (tertiary/aromatic N) is 2. The molecule has 1 N–H and O–H groups in total. The van der Waals surface area contributed by atoms with Crippen LogP contribution in [0.2, 0.25) is 0 Å². The van der Waals surface area contributed by atoms with Crippen molar-refractivity contribution in [1.29, 1.82) is 0 Å². The maximum absolute atomic E-state index is 12.5. The van der Waals surface area contributed by atoms with Gasteiger partial charge in [-0.15, -0.1) is 11.8 Å². The summed E-state index contributed by atoms with van der Waals surface area (Å²) in [7, 11) is 0. The Hall–Kier alpha value is -2.47. The Morgan fingerprint density at radius 3 is 2.57 bits per heavy atom. The lowest BCUT2D eigenvalue weighted by Crippen LogP contribution is -2.41. The fraction of sp³-hybridized carbons (Fsp3) is 0.364. The molecule has 1 fully saturated rings. The SMILES string of the molecule is Cc1ccc(CSCC(=O)N2CCC(n3c(=O)[nH]c4ccccc43)CC2)cc1. The highest BCUT2D eigenvalue weighted by Gasteiger charge is 2.25. The highest BCUT2D eigenvalue weighted by Crippen LogP contribution is 2.25. The largest absolute Gasteiger partial charge is 0.342 e. The van der Waals surface area contributed by atoms with Gasteiger partial charge in [0.15, 0.2) is 0 Å². The Labute approximate surface area is 168 Å². The number of benzene rings is 2. The second kappa shape index (κ2) is 8.27. The van der Waals surface area contributed by atoms with Gasteiger partial charge in [-0.1, -0.05) is 42.0 Å². The Balaban J connectivity index is 1.31. The lowest BCUT2D eigenvalue weighted by atomic mass is 10.0. The average Bonchev–Trinajstić information content (AvgIpc) is 3.05. The molecule has 0 unspecified atom stereocenters. The number of thioether (sulfide) groups is 1. The Kier molecular flexibility index (Phi) is 5.57. The third-order valence-electron chi connectivity index (χ3n) is 5.42. The second-order valence-electron chi connectivity index (χ2n) is 7.41. The number of piperidine rings is 1. The Bertz CT molecular complexity index is 1010. The van der Waals surface area contributed by atoms with E-state index >= 15 is 0 Å². The molecule has 3 aromatic rings. The van der Waals surface area contributed by atoms with E-state index in [-0.39, 0.29) is 17.6 Å². The summed E-state index contributed by atoms with van der Waals surface area (Å²) >= 11 is 1.67. The predicted molar refractivity (Wildman–Crippen MR) is 115 cm³/mol. The number of amides is 1. The minimum atomic E-state index is -0.0559. The number of likely N-dealkylation sites (tertiary alicyclic amines) is 1. The monoisotopic (exact) mass is 395 g/mol. The van der Waals surface area contributed by atoms with E-state index in [4.69, 9.17) is 0 Å². The molecule has 1 amide bonds. The summed E-state index contributed by atoms with van der Waals surface area (Å²) in [6.07, 6.45) is 1.63. The van der Waals surface area contributed by atoms with E-state index in [1.54, 1.807) is 11.8 Å². The van der Waals surface area contributed by atoms with Gasteiger partial charge in [0.25, 0.3) is 0 Å². The lowest BCUT2D eigenvalue weighted by Gasteiger charge is -2.32. The molecule has 1 aliphatic heterocycles. The fourth-order valence-corrected chi connectivity index (χ4v) is 4.73. The summed E-state index contributed by atoms with van der Waals surface area (Å²) in [4.78, 5) is 29.8. The van der Waals surface area contributed by atoms with Crippen molar-refractivity contribution in [3.05, 3.63) is 70.1 Å². The van der Waals surface area contributed by atoms with Crippen molar-refractivity contribution in [1.82, 2.24) is 14.5 Å². The third kappa shape index (κ3) is 4.02. The molecule has 1 saturated heterocycles. The predicted octanol–water partition coefficient (Wildman–Crippen LogP) is 3.73. The van der Waals surface area contributed by atoms with E-state index in [2.05, 4.69) is 36.2 Å². The van der Waals surface area contributed by atoms with Gasteiger partial charge in [-0.05, 0) is 37.5 Å². The molecule has 0 radical (unpaired) electrons. The van der Waals surface area contributed by atoms with Crippen LogP contribution in [0.3, 0.4) is 0 Å². The van der Waals surface area contributed by atoms with Crippen LogP contribution >= 0.6 is 11.8 Å². The average molecular weight is 396 g/mol. The van der Waals surface area contributed by atoms with Crippen LogP contribution in [0.15, 0.2) is 53.3 Å². The number of aromatic amines is 1. The Morgan fingerprint density at radius 1 is 1.11 bits per heavy atom. The summed E-state index contributed by atoms with van der Waals surface area (Å²) in [5.74, 6) is 1.56. The van der Waals surface area contributed by atoms with E-state index in [1.165, 1.54) is 11.1 Å². The van der Waals surface area contributed by atoms with Crippen molar-refractivity contribution in [3.8, 4) is 0 Å². The first-order chi connectivity index (χ1) is 13.6. The number of aromatic nitrogens is 2. The number of hydrogen-bond acceptors (Lipinski definition) is 3. The maximum Gasteiger partial charge on any atom is 0.326 e. The number of nitrogens with one attached hydrogen (secondary N) is 1.